The van der Waals surface area contributed by atoms with Crippen molar-refractivity contribution in [2.24, 2.45) is 0 Å². The first-order valence-corrected chi connectivity index (χ1v) is 7.33. The van der Waals surface area contributed by atoms with E-state index in [9.17, 15) is 14.9 Å². The second-order valence-electron chi connectivity index (χ2n) is 3.83. The van der Waals surface area contributed by atoms with Gasteiger partial charge in [0.25, 0.3) is 5.69 Å². The normalized spacial score (nSPS) is 14.3. The smallest absolute Gasteiger partial charge is 0.416 e. The maximum absolute atomic E-state index is 11.4. The van der Waals surface area contributed by atoms with E-state index in [-0.39, 0.29) is 5.69 Å². The zero-order chi connectivity index (χ0) is 14.8. The molecule has 108 valence electrons. The lowest BCUT2D eigenvalue weighted by atomic mass is 10.4. The molecule has 2 aromatic heterocycles. The molecule has 1 aliphatic heterocycles. The SMILES string of the molecule is O=C1OCCN1c1nnc(Sc2ccc([N+](=O)[O-])cn2)s1. The Morgan fingerprint density at radius 3 is 2.90 bits per heavy atom. The third-order valence-electron chi connectivity index (χ3n) is 2.51. The van der Waals surface area contributed by atoms with Crippen LogP contribution in [0.2, 0.25) is 0 Å². The van der Waals surface area contributed by atoms with E-state index in [0.717, 1.165) is 0 Å². The van der Waals surface area contributed by atoms with Gasteiger partial charge in [-0.25, -0.2) is 14.7 Å². The predicted molar refractivity (Wildman–Crippen MR) is 73.6 cm³/mol. The van der Waals surface area contributed by atoms with Gasteiger partial charge in [0.1, 0.15) is 17.8 Å². The van der Waals surface area contributed by atoms with Gasteiger partial charge in [0.15, 0.2) is 4.34 Å². The Morgan fingerprint density at radius 2 is 2.29 bits per heavy atom. The van der Waals surface area contributed by atoms with Gasteiger partial charge in [-0.15, -0.1) is 10.2 Å². The molecule has 0 bridgehead atoms. The van der Waals surface area contributed by atoms with Crippen LogP contribution in [-0.4, -0.2) is 39.3 Å². The summed E-state index contributed by atoms with van der Waals surface area (Å²) in [6.45, 7) is 0.790. The van der Waals surface area contributed by atoms with E-state index in [2.05, 4.69) is 15.2 Å². The van der Waals surface area contributed by atoms with Crippen LogP contribution >= 0.6 is 23.1 Å². The summed E-state index contributed by atoms with van der Waals surface area (Å²) in [6.07, 6.45) is 0.749. The average Bonchev–Trinajstić information content (AvgIpc) is 3.08. The molecule has 1 fully saturated rings. The molecule has 0 aliphatic carbocycles. The molecule has 1 aliphatic rings. The Balaban J connectivity index is 1.72. The van der Waals surface area contributed by atoms with E-state index in [1.807, 2.05) is 0 Å². The van der Waals surface area contributed by atoms with Crippen molar-refractivity contribution in [1.29, 1.82) is 0 Å². The van der Waals surface area contributed by atoms with Crippen LogP contribution in [0.1, 0.15) is 0 Å². The summed E-state index contributed by atoms with van der Waals surface area (Å²) in [6, 6.07) is 2.91. The Bertz CT molecular complexity index is 689. The van der Waals surface area contributed by atoms with Gasteiger partial charge in [-0.05, 0) is 17.8 Å². The number of cyclic esters (lactones) is 1. The molecule has 21 heavy (non-hydrogen) atoms. The Hall–Kier alpha value is -2.27. The minimum absolute atomic E-state index is 0.0721. The zero-order valence-corrected chi connectivity index (χ0v) is 12.0. The monoisotopic (exact) mass is 325 g/mol. The zero-order valence-electron chi connectivity index (χ0n) is 10.3. The van der Waals surface area contributed by atoms with Crippen LogP contribution in [-0.2, 0) is 4.74 Å². The summed E-state index contributed by atoms with van der Waals surface area (Å²) in [5.74, 6) is 0. The number of carbonyl (C=O) groups excluding carboxylic acids is 1. The molecule has 0 saturated carbocycles. The van der Waals surface area contributed by atoms with E-state index in [1.165, 1.54) is 46.3 Å². The summed E-state index contributed by atoms with van der Waals surface area (Å²) in [5.41, 5.74) is -0.0721. The van der Waals surface area contributed by atoms with Crippen LogP contribution in [0.5, 0.6) is 0 Å². The van der Waals surface area contributed by atoms with Gasteiger partial charge in [-0.2, -0.15) is 0 Å². The van der Waals surface area contributed by atoms with Gasteiger partial charge in [0, 0.05) is 6.07 Å². The van der Waals surface area contributed by atoms with Crippen molar-refractivity contribution in [2.45, 2.75) is 9.37 Å². The first kappa shape index (κ1) is 13.7. The molecule has 1 amide bonds. The number of amides is 1. The van der Waals surface area contributed by atoms with E-state index in [0.29, 0.717) is 27.6 Å². The highest BCUT2D eigenvalue weighted by Crippen LogP contribution is 2.33. The van der Waals surface area contributed by atoms with Gasteiger partial charge in [0.2, 0.25) is 5.13 Å². The Morgan fingerprint density at radius 1 is 1.43 bits per heavy atom. The van der Waals surface area contributed by atoms with E-state index in [4.69, 9.17) is 4.74 Å². The molecular weight excluding hydrogens is 318 g/mol. The molecule has 0 atom stereocenters. The van der Waals surface area contributed by atoms with Gasteiger partial charge < -0.3 is 4.74 Å². The molecule has 3 heterocycles. The fraction of sp³-hybridized carbons (Fsp3) is 0.200. The molecule has 0 unspecified atom stereocenters. The second kappa shape index (κ2) is 5.61. The summed E-state index contributed by atoms with van der Waals surface area (Å²) >= 11 is 2.45. The average molecular weight is 325 g/mol. The number of ether oxygens (including phenoxy) is 1. The number of hydrogen-bond acceptors (Lipinski definition) is 9. The first-order chi connectivity index (χ1) is 10.1. The maximum atomic E-state index is 11.4. The third-order valence-corrected chi connectivity index (χ3v) is 4.46. The fourth-order valence-electron chi connectivity index (χ4n) is 1.55. The van der Waals surface area contributed by atoms with Crippen LogP contribution in [0, 0.1) is 10.1 Å². The minimum atomic E-state index is -0.510. The van der Waals surface area contributed by atoms with Gasteiger partial charge in [-0.1, -0.05) is 11.3 Å². The number of hydrogen-bond donors (Lipinski definition) is 0. The fourth-order valence-corrected chi connectivity index (χ4v) is 3.29. The minimum Gasteiger partial charge on any atom is -0.447 e. The van der Waals surface area contributed by atoms with Crippen LogP contribution in [0.15, 0.2) is 27.7 Å². The molecule has 0 N–H and O–H groups in total. The van der Waals surface area contributed by atoms with E-state index < -0.39 is 11.0 Å². The quantitative estimate of drug-likeness (QED) is 0.476. The van der Waals surface area contributed by atoms with Crippen LogP contribution in [0.4, 0.5) is 15.6 Å². The summed E-state index contributed by atoms with van der Waals surface area (Å²) in [5, 5.41) is 19.4. The summed E-state index contributed by atoms with van der Waals surface area (Å²) in [7, 11) is 0. The van der Waals surface area contributed by atoms with Gasteiger partial charge in [0.05, 0.1) is 11.5 Å². The van der Waals surface area contributed by atoms with Crippen molar-refractivity contribution in [3.63, 3.8) is 0 Å². The summed E-state index contributed by atoms with van der Waals surface area (Å²) in [4.78, 5) is 26.8. The highest BCUT2D eigenvalue weighted by Gasteiger charge is 2.27. The van der Waals surface area contributed by atoms with Crippen LogP contribution in [0.3, 0.4) is 0 Å². The molecule has 9 nitrogen and oxygen atoms in total. The number of pyridine rings is 1. The lowest BCUT2D eigenvalue weighted by molar-refractivity contribution is -0.385. The Labute approximate surface area is 126 Å². The second-order valence-corrected chi connectivity index (χ2v) is 6.05. The van der Waals surface area contributed by atoms with Crippen molar-refractivity contribution in [3.05, 3.63) is 28.4 Å². The van der Waals surface area contributed by atoms with Crippen molar-refractivity contribution in [3.8, 4) is 0 Å². The van der Waals surface area contributed by atoms with Gasteiger partial charge >= 0.3 is 6.09 Å². The topological polar surface area (TPSA) is 111 Å². The van der Waals surface area contributed by atoms with Crippen molar-refractivity contribution < 1.29 is 14.5 Å². The van der Waals surface area contributed by atoms with E-state index in [1.54, 1.807) is 0 Å². The number of nitrogens with zero attached hydrogens (tertiary/aromatic N) is 5. The molecule has 0 radical (unpaired) electrons. The lowest BCUT2D eigenvalue weighted by Crippen LogP contribution is -2.22. The highest BCUT2D eigenvalue weighted by molar-refractivity contribution is 8.01. The molecule has 3 rings (SSSR count). The van der Waals surface area contributed by atoms with Gasteiger partial charge in [-0.3, -0.25) is 10.1 Å². The van der Waals surface area contributed by atoms with Crippen molar-refractivity contribution >= 4 is 40.0 Å². The third kappa shape index (κ3) is 2.92. The maximum Gasteiger partial charge on any atom is 0.416 e. The predicted octanol–water partition coefficient (Wildman–Crippen LogP) is 1.95. The largest absolute Gasteiger partial charge is 0.447 e. The number of rotatable bonds is 4. The molecule has 1 saturated heterocycles. The number of anilines is 1. The molecule has 0 spiro atoms. The molecule has 2 aromatic rings. The van der Waals surface area contributed by atoms with E-state index >= 15 is 0 Å². The van der Waals surface area contributed by atoms with Crippen LogP contribution in [0.25, 0.3) is 0 Å². The Kier molecular flexibility index (Phi) is 3.66. The van der Waals surface area contributed by atoms with Crippen LogP contribution < -0.4 is 4.90 Å². The molecular formula is C10H7N5O4S2. The van der Waals surface area contributed by atoms with Crippen molar-refractivity contribution in [1.82, 2.24) is 15.2 Å². The number of carbonyl (C=O) groups is 1. The summed E-state index contributed by atoms with van der Waals surface area (Å²) < 4.78 is 5.41. The van der Waals surface area contributed by atoms with Crippen molar-refractivity contribution in [2.75, 3.05) is 18.1 Å². The lowest BCUT2D eigenvalue weighted by Gasteiger charge is -2.05. The highest BCUT2D eigenvalue weighted by atomic mass is 32.2. The standard InChI is InChI=1S/C10H7N5O4S2/c16-10-14(3-4-19-10)8-12-13-9(21-8)20-7-2-1-6(5-11-7)15(17)18/h1-2,5H,3-4H2. The number of nitro groups is 1. The number of aromatic nitrogens is 3. The molecule has 0 aromatic carbocycles. The molecule has 11 heteroatoms. The first-order valence-electron chi connectivity index (χ1n) is 5.69.